The Morgan fingerprint density at radius 3 is 2.13 bits per heavy atom. The second-order valence-corrected chi connectivity index (χ2v) is 9.76. The van der Waals surface area contributed by atoms with Crippen LogP contribution in [-0.2, 0) is 21.2 Å². The number of piperazine rings is 1. The number of halogens is 1. The van der Waals surface area contributed by atoms with Crippen molar-refractivity contribution >= 4 is 27.5 Å². The van der Waals surface area contributed by atoms with E-state index in [4.69, 9.17) is 16.3 Å². The smallest absolute Gasteiger partial charge is 0.260 e. The van der Waals surface area contributed by atoms with Crippen molar-refractivity contribution in [2.24, 2.45) is 0 Å². The van der Waals surface area contributed by atoms with E-state index in [-0.39, 0.29) is 30.5 Å². The number of carbonyl (C=O) groups is 1. The van der Waals surface area contributed by atoms with Crippen molar-refractivity contribution in [2.45, 2.75) is 32.1 Å². The Balaban J connectivity index is 1.56. The zero-order valence-electron chi connectivity index (χ0n) is 17.5. The molecule has 1 saturated heterocycles. The van der Waals surface area contributed by atoms with Gasteiger partial charge in [0, 0.05) is 31.2 Å². The molecule has 0 aromatic heterocycles. The molecule has 1 heterocycles. The standard InChI is InChI=1S/C22H27ClN2O4S/c1-4-18-5-7-20(8-6-18)30(27,28)25-11-9-24(10-12-25)21(26)15-29-19-13-16(2)22(23)17(3)14-19/h5-8,13-14H,4,9-12,15H2,1-3H3. The highest BCUT2D eigenvalue weighted by atomic mass is 35.5. The molecule has 0 spiro atoms. The van der Waals surface area contributed by atoms with Crippen LogP contribution in [0.15, 0.2) is 41.3 Å². The number of nitrogens with zero attached hydrogens (tertiary/aromatic N) is 2. The van der Waals surface area contributed by atoms with E-state index in [2.05, 4.69) is 0 Å². The van der Waals surface area contributed by atoms with E-state index in [0.29, 0.717) is 23.9 Å². The van der Waals surface area contributed by atoms with Crippen molar-refractivity contribution in [3.63, 3.8) is 0 Å². The largest absolute Gasteiger partial charge is 0.484 e. The topological polar surface area (TPSA) is 66.9 Å². The van der Waals surface area contributed by atoms with Crippen LogP contribution in [-0.4, -0.2) is 56.3 Å². The lowest BCUT2D eigenvalue weighted by Gasteiger charge is -2.34. The Kier molecular flexibility index (Phi) is 7.06. The van der Waals surface area contributed by atoms with Crippen LogP contribution in [0.25, 0.3) is 0 Å². The molecule has 1 aliphatic rings. The van der Waals surface area contributed by atoms with Gasteiger partial charge in [-0.2, -0.15) is 4.31 Å². The maximum Gasteiger partial charge on any atom is 0.260 e. The lowest BCUT2D eigenvalue weighted by atomic mass is 10.1. The highest BCUT2D eigenvalue weighted by Gasteiger charge is 2.30. The molecule has 0 radical (unpaired) electrons. The second kappa shape index (κ2) is 9.37. The third-order valence-electron chi connectivity index (χ3n) is 5.33. The summed E-state index contributed by atoms with van der Waals surface area (Å²) in [7, 11) is -3.55. The average molecular weight is 451 g/mol. The Labute approximate surface area is 183 Å². The average Bonchev–Trinajstić information content (AvgIpc) is 2.75. The van der Waals surface area contributed by atoms with Gasteiger partial charge in [-0.05, 0) is 61.2 Å². The van der Waals surface area contributed by atoms with E-state index >= 15 is 0 Å². The first-order valence-corrected chi connectivity index (χ1v) is 11.8. The lowest BCUT2D eigenvalue weighted by molar-refractivity contribution is -0.134. The van der Waals surface area contributed by atoms with Crippen LogP contribution in [0.2, 0.25) is 5.02 Å². The number of ether oxygens (including phenoxy) is 1. The van der Waals surface area contributed by atoms with Crippen molar-refractivity contribution in [3.05, 3.63) is 58.1 Å². The highest BCUT2D eigenvalue weighted by Crippen LogP contribution is 2.26. The fourth-order valence-corrected chi connectivity index (χ4v) is 4.98. The number of hydrogen-bond acceptors (Lipinski definition) is 4. The minimum absolute atomic E-state index is 0.0915. The molecule has 0 bridgehead atoms. The highest BCUT2D eigenvalue weighted by molar-refractivity contribution is 7.89. The van der Waals surface area contributed by atoms with Crippen molar-refractivity contribution in [3.8, 4) is 5.75 Å². The molecule has 30 heavy (non-hydrogen) atoms. The molecular weight excluding hydrogens is 424 g/mol. The second-order valence-electron chi connectivity index (χ2n) is 7.44. The van der Waals surface area contributed by atoms with E-state index in [1.54, 1.807) is 29.2 Å². The van der Waals surface area contributed by atoms with Crippen molar-refractivity contribution < 1.29 is 17.9 Å². The number of hydrogen-bond donors (Lipinski definition) is 0. The molecule has 6 nitrogen and oxygen atoms in total. The van der Waals surface area contributed by atoms with Gasteiger partial charge in [-0.25, -0.2) is 8.42 Å². The van der Waals surface area contributed by atoms with Crippen LogP contribution in [0.3, 0.4) is 0 Å². The van der Waals surface area contributed by atoms with Crippen LogP contribution < -0.4 is 4.74 Å². The summed E-state index contributed by atoms with van der Waals surface area (Å²) in [6.45, 7) is 6.93. The minimum Gasteiger partial charge on any atom is -0.484 e. The van der Waals surface area contributed by atoms with Crippen LogP contribution in [0.1, 0.15) is 23.6 Å². The predicted molar refractivity (Wildman–Crippen MR) is 118 cm³/mol. The fourth-order valence-electron chi connectivity index (χ4n) is 3.45. The number of benzene rings is 2. The number of amides is 1. The molecule has 8 heteroatoms. The summed E-state index contributed by atoms with van der Waals surface area (Å²) in [5.41, 5.74) is 2.88. The van der Waals surface area contributed by atoms with Gasteiger partial charge in [0.15, 0.2) is 6.61 Å². The van der Waals surface area contributed by atoms with E-state index in [1.807, 2.05) is 32.9 Å². The Hall–Kier alpha value is -2.09. The molecule has 1 amide bonds. The van der Waals surface area contributed by atoms with Crippen LogP contribution >= 0.6 is 11.6 Å². The summed E-state index contributed by atoms with van der Waals surface area (Å²) in [4.78, 5) is 14.4. The van der Waals surface area contributed by atoms with E-state index in [0.717, 1.165) is 23.1 Å². The molecule has 1 aliphatic heterocycles. The first-order chi connectivity index (χ1) is 14.2. The molecule has 162 valence electrons. The number of aryl methyl sites for hydroxylation is 3. The zero-order chi connectivity index (χ0) is 21.9. The summed E-state index contributed by atoms with van der Waals surface area (Å²) in [5, 5.41) is 0.690. The normalized spacial score (nSPS) is 15.3. The van der Waals surface area contributed by atoms with Gasteiger partial charge in [0.05, 0.1) is 4.90 Å². The molecule has 0 N–H and O–H groups in total. The molecule has 1 fully saturated rings. The van der Waals surface area contributed by atoms with Gasteiger partial charge in [-0.3, -0.25) is 4.79 Å². The molecular formula is C22H27ClN2O4S. The Morgan fingerprint density at radius 2 is 1.60 bits per heavy atom. The molecule has 2 aromatic rings. The van der Waals surface area contributed by atoms with Crippen molar-refractivity contribution in [1.29, 1.82) is 0 Å². The number of sulfonamides is 1. The van der Waals surface area contributed by atoms with E-state index in [1.165, 1.54) is 4.31 Å². The van der Waals surface area contributed by atoms with Gasteiger partial charge >= 0.3 is 0 Å². The van der Waals surface area contributed by atoms with Gasteiger partial charge in [0.1, 0.15) is 5.75 Å². The molecule has 2 aromatic carbocycles. The molecule has 0 saturated carbocycles. The summed E-state index contributed by atoms with van der Waals surface area (Å²) in [5.74, 6) is 0.434. The Bertz CT molecular complexity index is 991. The third kappa shape index (κ3) is 4.96. The first-order valence-electron chi connectivity index (χ1n) is 9.98. The summed E-state index contributed by atoms with van der Waals surface area (Å²) in [6.07, 6.45) is 0.859. The summed E-state index contributed by atoms with van der Waals surface area (Å²) >= 11 is 6.16. The quantitative estimate of drug-likeness (QED) is 0.676. The first kappa shape index (κ1) is 22.6. The Morgan fingerprint density at radius 1 is 1.03 bits per heavy atom. The van der Waals surface area contributed by atoms with Crippen LogP contribution in [0.5, 0.6) is 5.75 Å². The fraction of sp³-hybridized carbons (Fsp3) is 0.409. The molecule has 0 unspecified atom stereocenters. The SMILES string of the molecule is CCc1ccc(S(=O)(=O)N2CCN(C(=O)COc3cc(C)c(Cl)c(C)c3)CC2)cc1. The van der Waals surface area contributed by atoms with E-state index in [9.17, 15) is 13.2 Å². The number of rotatable bonds is 6. The lowest BCUT2D eigenvalue weighted by Crippen LogP contribution is -2.51. The molecule has 0 aliphatic carbocycles. The summed E-state index contributed by atoms with van der Waals surface area (Å²) in [6, 6.07) is 10.6. The molecule has 3 rings (SSSR count). The molecule has 0 atom stereocenters. The van der Waals surface area contributed by atoms with Crippen molar-refractivity contribution in [1.82, 2.24) is 9.21 Å². The van der Waals surface area contributed by atoms with Gasteiger partial charge < -0.3 is 9.64 Å². The van der Waals surface area contributed by atoms with E-state index < -0.39 is 10.0 Å². The van der Waals surface area contributed by atoms with Crippen LogP contribution in [0.4, 0.5) is 0 Å². The number of carbonyl (C=O) groups excluding carboxylic acids is 1. The monoisotopic (exact) mass is 450 g/mol. The van der Waals surface area contributed by atoms with Gasteiger partial charge in [-0.1, -0.05) is 30.7 Å². The minimum atomic E-state index is -3.55. The van der Waals surface area contributed by atoms with Crippen LogP contribution in [0, 0.1) is 13.8 Å². The maximum atomic E-state index is 12.9. The summed E-state index contributed by atoms with van der Waals surface area (Å²) < 4.78 is 32.8. The predicted octanol–water partition coefficient (Wildman–Crippen LogP) is 3.43. The zero-order valence-corrected chi connectivity index (χ0v) is 19.1. The maximum absolute atomic E-state index is 12.9. The van der Waals surface area contributed by atoms with Crippen molar-refractivity contribution in [2.75, 3.05) is 32.8 Å². The van der Waals surface area contributed by atoms with Gasteiger partial charge in [0.2, 0.25) is 10.0 Å². The van der Waals surface area contributed by atoms with Gasteiger partial charge in [0.25, 0.3) is 5.91 Å². The van der Waals surface area contributed by atoms with Gasteiger partial charge in [-0.15, -0.1) is 0 Å². The third-order valence-corrected chi connectivity index (χ3v) is 7.84.